The molecule has 3 rings (SSSR count). The third-order valence-electron chi connectivity index (χ3n) is 4.84. The summed E-state index contributed by atoms with van der Waals surface area (Å²) in [5.74, 6) is -0.267. The SMILES string of the molecule is CCN(CC)CCN(C(=O)c1ccc(F)cc1Cl)c1nc2c(OC)ccc(Cl)c2s1. The number of likely N-dealkylation sites (N-methyl/N-ethyl adjacent to an activating group) is 1. The molecule has 0 saturated heterocycles. The van der Waals surface area contributed by atoms with E-state index >= 15 is 0 Å². The Morgan fingerprint density at radius 2 is 1.87 bits per heavy atom. The molecule has 0 bridgehead atoms. The summed E-state index contributed by atoms with van der Waals surface area (Å²) in [4.78, 5) is 21.8. The van der Waals surface area contributed by atoms with Gasteiger partial charge in [-0.15, -0.1) is 0 Å². The molecule has 0 aliphatic carbocycles. The lowest BCUT2D eigenvalue weighted by Gasteiger charge is -2.25. The molecule has 9 heteroatoms. The number of hydrogen-bond donors (Lipinski definition) is 0. The molecule has 5 nitrogen and oxygen atoms in total. The van der Waals surface area contributed by atoms with Gasteiger partial charge in [0.25, 0.3) is 5.91 Å². The lowest BCUT2D eigenvalue weighted by atomic mass is 10.2. The lowest BCUT2D eigenvalue weighted by molar-refractivity contribution is 0.0984. The summed E-state index contributed by atoms with van der Waals surface area (Å²) < 4.78 is 19.6. The number of carbonyl (C=O) groups is 1. The number of hydrogen-bond acceptors (Lipinski definition) is 5. The van der Waals surface area contributed by atoms with E-state index in [1.807, 2.05) is 0 Å². The van der Waals surface area contributed by atoms with Crippen LogP contribution in [0.5, 0.6) is 5.75 Å². The molecule has 1 aromatic heterocycles. The van der Waals surface area contributed by atoms with Gasteiger partial charge in [0.15, 0.2) is 5.13 Å². The minimum Gasteiger partial charge on any atom is -0.494 e. The third-order valence-corrected chi connectivity index (χ3v) is 6.69. The van der Waals surface area contributed by atoms with Gasteiger partial charge in [0.1, 0.15) is 17.1 Å². The summed E-state index contributed by atoms with van der Waals surface area (Å²) >= 11 is 13.8. The van der Waals surface area contributed by atoms with E-state index in [1.54, 1.807) is 24.1 Å². The van der Waals surface area contributed by atoms with Crippen LogP contribution < -0.4 is 9.64 Å². The maximum atomic E-state index is 13.5. The number of carbonyl (C=O) groups excluding carboxylic acids is 1. The topological polar surface area (TPSA) is 45.7 Å². The number of methoxy groups -OCH3 is 1. The third kappa shape index (κ3) is 4.70. The fourth-order valence-electron chi connectivity index (χ4n) is 3.09. The van der Waals surface area contributed by atoms with Crippen LogP contribution in [0.1, 0.15) is 24.2 Å². The van der Waals surface area contributed by atoms with Crippen molar-refractivity contribution in [3.05, 3.63) is 51.8 Å². The van der Waals surface area contributed by atoms with Crippen molar-refractivity contribution in [3.63, 3.8) is 0 Å². The van der Waals surface area contributed by atoms with Gasteiger partial charge < -0.3 is 9.64 Å². The minimum absolute atomic E-state index is 0.0598. The Morgan fingerprint density at radius 3 is 2.50 bits per heavy atom. The summed E-state index contributed by atoms with van der Waals surface area (Å²) in [6.45, 7) is 6.89. The van der Waals surface area contributed by atoms with Gasteiger partial charge in [-0.2, -0.15) is 0 Å². The second-order valence-electron chi connectivity index (χ2n) is 6.53. The fourth-order valence-corrected chi connectivity index (χ4v) is 4.62. The van der Waals surface area contributed by atoms with Crippen LogP contribution in [0, 0.1) is 5.82 Å². The van der Waals surface area contributed by atoms with Crippen LogP contribution in [0.25, 0.3) is 10.2 Å². The number of aromatic nitrogens is 1. The number of ether oxygens (including phenoxy) is 1. The molecule has 2 aromatic carbocycles. The highest BCUT2D eigenvalue weighted by atomic mass is 35.5. The molecule has 1 amide bonds. The van der Waals surface area contributed by atoms with Crippen molar-refractivity contribution in [1.29, 1.82) is 0 Å². The van der Waals surface area contributed by atoms with E-state index in [-0.39, 0.29) is 16.5 Å². The standard InChI is InChI=1S/C21H22Cl2FN3O2S/c1-4-26(5-2)10-11-27(20(28)14-7-6-13(24)12-16(14)23)21-25-18-17(29-3)9-8-15(22)19(18)30-21/h6-9,12H,4-5,10-11H2,1-3H3. The van der Waals surface area contributed by atoms with Crippen molar-refractivity contribution >= 4 is 55.8 Å². The number of fused-ring (bicyclic) bond motifs is 1. The van der Waals surface area contributed by atoms with Crippen LogP contribution in [0.3, 0.4) is 0 Å². The van der Waals surface area contributed by atoms with E-state index < -0.39 is 5.82 Å². The number of nitrogens with zero attached hydrogens (tertiary/aromatic N) is 3. The first kappa shape index (κ1) is 22.7. The first-order chi connectivity index (χ1) is 14.4. The van der Waals surface area contributed by atoms with Gasteiger partial charge in [-0.3, -0.25) is 9.69 Å². The molecule has 3 aromatic rings. The predicted molar refractivity (Wildman–Crippen MR) is 122 cm³/mol. The zero-order valence-electron chi connectivity index (χ0n) is 16.9. The molecule has 1 heterocycles. The number of rotatable bonds is 8. The largest absolute Gasteiger partial charge is 0.494 e. The Balaban J connectivity index is 2.06. The van der Waals surface area contributed by atoms with E-state index in [4.69, 9.17) is 27.9 Å². The van der Waals surface area contributed by atoms with Gasteiger partial charge in [-0.25, -0.2) is 9.37 Å². The molecule has 0 spiro atoms. The maximum absolute atomic E-state index is 13.5. The molecule has 160 valence electrons. The maximum Gasteiger partial charge on any atom is 0.261 e. The minimum atomic E-state index is -0.497. The van der Waals surface area contributed by atoms with E-state index in [0.29, 0.717) is 34.5 Å². The van der Waals surface area contributed by atoms with Gasteiger partial charge in [0.05, 0.1) is 27.4 Å². The smallest absolute Gasteiger partial charge is 0.261 e. The number of amides is 1. The highest BCUT2D eigenvalue weighted by Gasteiger charge is 2.25. The lowest BCUT2D eigenvalue weighted by Crippen LogP contribution is -2.39. The van der Waals surface area contributed by atoms with Crippen molar-refractivity contribution in [3.8, 4) is 5.75 Å². The van der Waals surface area contributed by atoms with Crippen molar-refractivity contribution in [1.82, 2.24) is 9.88 Å². The van der Waals surface area contributed by atoms with Crippen molar-refractivity contribution in [2.24, 2.45) is 0 Å². The number of thiazole rings is 1. The van der Waals surface area contributed by atoms with Gasteiger partial charge in [-0.1, -0.05) is 48.4 Å². The van der Waals surface area contributed by atoms with Crippen LogP contribution >= 0.6 is 34.5 Å². The van der Waals surface area contributed by atoms with E-state index in [1.165, 1.54) is 23.5 Å². The summed E-state index contributed by atoms with van der Waals surface area (Å²) in [5.41, 5.74) is 0.811. The van der Waals surface area contributed by atoms with Gasteiger partial charge in [-0.05, 0) is 43.4 Å². The Kier molecular flexibility index (Phi) is 7.52. The monoisotopic (exact) mass is 469 g/mol. The molecule has 0 aliphatic rings. The molecule has 0 unspecified atom stereocenters. The average Bonchev–Trinajstić information content (AvgIpc) is 3.17. The van der Waals surface area contributed by atoms with E-state index in [2.05, 4.69) is 23.7 Å². The summed E-state index contributed by atoms with van der Waals surface area (Å²) in [6.07, 6.45) is 0. The van der Waals surface area contributed by atoms with E-state index in [9.17, 15) is 9.18 Å². The van der Waals surface area contributed by atoms with E-state index in [0.717, 1.165) is 23.9 Å². The molecule has 0 radical (unpaired) electrons. The summed E-state index contributed by atoms with van der Waals surface area (Å²) in [6, 6.07) is 7.23. The normalized spacial score (nSPS) is 11.3. The first-order valence-electron chi connectivity index (χ1n) is 9.51. The van der Waals surface area contributed by atoms with Crippen molar-refractivity contribution < 1.29 is 13.9 Å². The summed E-state index contributed by atoms with van der Waals surface area (Å²) in [7, 11) is 1.56. The fraction of sp³-hybridized carbons (Fsp3) is 0.333. The van der Waals surface area contributed by atoms with Crippen molar-refractivity contribution in [2.45, 2.75) is 13.8 Å². The van der Waals surface area contributed by atoms with Gasteiger partial charge in [0, 0.05) is 13.1 Å². The highest BCUT2D eigenvalue weighted by Crippen LogP contribution is 2.39. The second kappa shape index (κ2) is 9.92. The number of benzene rings is 2. The number of anilines is 1. The Hall–Kier alpha value is -1.93. The number of halogens is 3. The molecule has 0 fully saturated rings. The molecule has 0 aliphatic heterocycles. The van der Waals surface area contributed by atoms with Crippen LogP contribution in [-0.2, 0) is 0 Å². The Morgan fingerprint density at radius 1 is 1.13 bits per heavy atom. The van der Waals surface area contributed by atoms with Crippen molar-refractivity contribution in [2.75, 3.05) is 38.2 Å². The molecule has 0 saturated carbocycles. The average molecular weight is 470 g/mol. The zero-order valence-corrected chi connectivity index (χ0v) is 19.2. The van der Waals surface area contributed by atoms with Gasteiger partial charge >= 0.3 is 0 Å². The second-order valence-corrected chi connectivity index (χ2v) is 8.32. The molecular formula is C21H22Cl2FN3O2S. The summed E-state index contributed by atoms with van der Waals surface area (Å²) in [5, 5.41) is 1.07. The van der Waals surface area contributed by atoms with Crippen LogP contribution in [0.15, 0.2) is 30.3 Å². The Bertz CT molecular complexity index is 1060. The van der Waals surface area contributed by atoms with Crippen LogP contribution in [0.4, 0.5) is 9.52 Å². The van der Waals surface area contributed by atoms with Gasteiger partial charge in [0.2, 0.25) is 0 Å². The molecule has 0 N–H and O–H groups in total. The molecular weight excluding hydrogens is 448 g/mol. The van der Waals surface area contributed by atoms with Crippen LogP contribution in [0.2, 0.25) is 10.0 Å². The predicted octanol–water partition coefficient (Wildman–Crippen LogP) is 5.74. The Labute approximate surface area is 189 Å². The molecule has 30 heavy (non-hydrogen) atoms. The zero-order chi connectivity index (χ0) is 21.8. The first-order valence-corrected chi connectivity index (χ1v) is 11.1. The molecule has 0 atom stereocenters. The van der Waals surface area contributed by atoms with Crippen LogP contribution in [-0.4, -0.2) is 49.1 Å². The quantitative estimate of drug-likeness (QED) is 0.421. The highest BCUT2D eigenvalue weighted by molar-refractivity contribution is 7.23.